The Morgan fingerprint density at radius 3 is 2.33 bits per heavy atom. The molecule has 12 heavy (non-hydrogen) atoms. The highest BCUT2D eigenvalue weighted by Crippen LogP contribution is 2.39. The maximum atomic E-state index is 12.9. The first kappa shape index (κ1) is 9.77. The van der Waals surface area contributed by atoms with E-state index in [9.17, 15) is 17.6 Å². The second-order valence-corrected chi connectivity index (χ2v) is 3.80. The predicted octanol–water partition coefficient (Wildman–Crippen LogP) is 3.50. The first-order chi connectivity index (χ1) is 5.31. The first-order valence-electron chi connectivity index (χ1n) is 3.15. The topological polar surface area (TPSA) is 0 Å². The van der Waals surface area contributed by atoms with Crippen molar-refractivity contribution < 1.29 is 17.6 Å². The van der Waals surface area contributed by atoms with Crippen molar-refractivity contribution in [3.8, 4) is 0 Å². The molecule has 1 unspecified atom stereocenters. The van der Waals surface area contributed by atoms with Crippen LogP contribution in [-0.4, -0.2) is 10.8 Å². The molecule has 0 aromatic carbocycles. The molecule has 1 rings (SSSR count). The lowest BCUT2D eigenvalue weighted by atomic mass is 10.0. The van der Waals surface area contributed by atoms with Crippen molar-refractivity contribution in [1.82, 2.24) is 0 Å². The summed E-state index contributed by atoms with van der Waals surface area (Å²) in [5.41, 5.74) is -0.857. The molecule has 0 aliphatic heterocycles. The third-order valence-corrected chi connectivity index (χ3v) is 1.97. The number of alkyl halides is 5. The fourth-order valence-electron chi connectivity index (χ4n) is 0.872. The summed E-state index contributed by atoms with van der Waals surface area (Å²) in [5.74, 6) is 0. The minimum Gasteiger partial charge on any atom is -0.226 e. The van der Waals surface area contributed by atoms with Gasteiger partial charge >= 0.3 is 6.18 Å². The highest BCUT2D eigenvalue weighted by molar-refractivity contribution is 9.10. The molecule has 0 saturated carbocycles. The minimum absolute atomic E-state index is 0.674. The third kappa shape index (κ3) is 2.33. The van der Waals surface area contributed by atoms with E-state index in [1.54, 1.807) is 0 Å². The summed E-state index contributed by atoms with van der Waals surface area (Å²) < 4.78 is 46.9. The molecule has 0 fully saturated rings. The highest BCUT2D eigenvalue weighted by atomic mass is 79.9. The summed E-state index contributed by atoms with van der Waals surface area (Å²) >= 11 is 2.53. The summed E-state index contributed by atoms with van der Waals surface area (Å²) in [6, 6.07) is 0. The van der Waals surface area contributed by atoms with E-state index in [2.05, 4.69) is 15.9 Å². The summed E-state index contributed by atoms with van der Waals surface area (Å²) in [6.07, 6.45) is -2.13. The first-order valence-corrected chi connectivity index (χ1v) is 3.94. The molecule has 5 heteroatoms. The predicted molar refractivity (Wildman–Crippen MR) is 40.7 cm³/mol. The maximum Gasteiger partial charge on any atom is 0.412 e. The summed E-state index contributed by atoms with van der Waals surface area (Å²) in [7, 11) is 0. The molecule has 0 heterocycles. The Bertz CT molecular complexity index is 236. The lowest BCUT2D eigenvalue weighted by molar-refractivity contribution is -0.0958. The summed E-state index contributed by atoms with van der Waals surface area (Å²) in [5, 5.41) is 0. The third-order valence-electron chi connectivity index (χ3n) is 1.43. The number of hydrogen-bond donors (Lipinski definition) is 0. The molecular formula is C7H5BrF4. The molecule has 1 atom stereocenters. The van der Waals surface area contributed by atoms with E-state index in [-0.39, 0.29) is 0 Å². The van der Waals surface area contributed by atoms with E-state index in [1.807, 2.05) is 0 Å². The van der Waals surface area contributed by atoms with Gasteiger partial charge in [-0.2, -0.15) is 13.2 Å². The van der Waals surface area contributed by atoms with E-state index in [1.165, 1.54) is 0 Å². The van der Waals surface area contributed by atoms with Gasteiger partial charge in [0.05, 0.1) is 0 Å². The van der Waals surface area contributed by atoms with Crippen molar-refractivity contribution in [3.63, 3.8) is 0 Å². The smallest absolute Gasteiger partial charge is 0.226 e. The molecule has 68 valence electrons. The van der Waals surface area contributed by atoms with Gasteiger partial charge in [-0.05, 0) is 22.0 Å². The fraction of sp³-hybridized carbons (Fsp3) is 0.429. The normalized spacial score (nSPS) is 30.2. The SMILES string of the molecule is FC1(Br)C=CC=C(C(F)(F)F)C1. The zero-order chi connectivity index (χ0) is 9.41. The van der Waals surface area contributed by atoms with E-state index in [4.69, 9.17) is 0 Å². The van der Waals surface area contributed by atoms with Gasteiger partial charge in [-0.1, -0.05) is 12.2 Å². The molecule has 0 aromatic rings. The van der Waals surface area contributed by atoms with Gasteiger partial charge < -0.3 is 0 Å². The Hall–Kier alpha value is -0.320. The fourth-order valence-corrected chi connectivity index (χ4v) is 1.33. The number of allylic oxidation sites excluding steroid dienone is 4. The van der Waals surface area contributed by atoms with Crippen LogP contribution < -0.4 is 0 Å². The maximum absolute atomic E-state index is 12.9. The van der Waals surface area contributed by atoms with Crippen LogP contribution in [0.5, 0.6) is 0 Å². The highest BCUT2D eigenvalue weighted by Gasteiger charge is 2.39. The van der Waals surface area contributed by atoms with E-state index in [0.29, 0.717) is 0 Å². The van der Waals surface area contributed by atoms with Crippen molar-refractivity contribution in [2.75, 3.05) is 0 Å². The molecule has 0 saturated heterocycles. The van der Waals surface area contributed by atoms with E-state index < -0.39 is 22.7 Å². The molecule has 0 nitrogen and oxygen atoms in total. The van der Waals surface area contributed by atoms with Crippen LogP contribution in [0.1, 0.15) is 6.42 Å². The Labute approximate surface area is 75.1 Å². The molecule has 0 spiro atoms. The van der Waals surface area contributed by atoms with Crippen LogP contribution in [0.2, 0.25) is 0 Å². The molecular weight excluding hydrogens is 240 g/mol. The Balaban J connectivity index is 2.84. The lowest BCUT2D eigenvalue weighted by Gasteiger charge is -2.20. The van der Waals surface area contributed by atoms with E-state index >= 15 is 0 Å². The van der Waals surface area contributed by atoms with Crippen molar-refractivity contribution >= 4 is 15.9 Å². The van der Waals surface area contributed by atoms with Crippen LogP contribution in [0.25, 0.3) is 0 Å². The Morgan fingerprint density at radius 2 is 2.00 bits per heavy atom. The van der Waals surface area contributed by atoms with Crippen molar-refractivity contribution in [1.29, 1.82) is 0 Å². The summed E-state index contributed by atoms with van der Waals surface area (Å²) in [4.78, 5) is 0. The van der Waals surface area contributed by atoms with Gasteiger partial charge in [-0.25, -0.2) is 4.39 Å². The van der Waals surface area contributed by atoms with Crippen LogP contribution in [0, 0.1) is 0 Å². The standard InChI is InChI=1S/C7H5BrF4/c8-6(9)3-1-2-5(4-6)7(10,11)12/h1-3H,4H2. The van der Waals surface area contributed by atoms with Crippen LogP contribution in [0.4, 0.5) is 17.6 Å². The van der Waals surface area contributed by atoms with Crippen LogP contribution >= 0.6 is 15.9 Å². The molecule has 0 aromatic heterocycles. The van der Waals surface area contributed by atoms with Gasteiger partial charge in [-0.15, -0.1) is 0 Å². The second kappa shape index (κ2) is 2.87. The average molecular weight is 245 g/mol. The zero-order valence-electron chi connectivity index (χ0n) is 5.83. The van der Waals surface area contributed by atoms with Crippen LogP contribution in [-0.2, 0) is 0 Å². The molecule has 0 N–H and O–H groups in total. The molecule has 1 aliphatic carbocycles. The lowest BCUT2D eigenvalue weighted by Crippen LogP contribution is -2.22. The van der Waals surface area contributed by atoms with Gasteiger partial charge in [0.15, 0.2) is 4.58 Å². The monoisotopic (exact) mass is 244 g/mol. The molecule has 1 aliphatic rings. The zero-order valence-corrected chi connectivity index (χ0v) is 7.41. The van der Waals surface area contributed by atoms with E-state index in [0.717, 1.165) is 18.2 Å². The van der Waals surface area contributed by atoms with Gasteiger partial charge in [0.2, 0.25) is 0 Å². The Morgan fingerprint density at radius 1 is 1.42 bits per heavy atom. The molecule has 0 bridgehead atoms. The summed E-state index contributed by atoms with van der Waals surface area (Å²) in [6.45, 7) is 0. The number of hydrogen-bond acceptors (Lipinski definition) is 0. The van der Waals surface area contributed by atoms with Gasteiger partial charge in [0, 0.05) is 12.0 Å². The molecule has 0 amide bonds. The van der Waals surface area contributed by atoms with Crippen LogP contribution in [0.15, 0.2) is 23.8 Å². The largest absolute Gasteiger partial charge is 0.412 e. The van der Waals surface area contributed by atoms with Crippen LogP contribution in [0.3, 0.4) is 0 Å². The minimum atomic E-state index is -4.43. The van der Waals surface area contributed by atoms with Crippen molar-refractivity contribution in [2.45, 2.75) is 17.2 Å². The average Bonchev–Trinajstić information content (AvgIpc) is 1.83. The van der Waals surface area contributed by atoms with Gasteiger partial charge in [0.1, 0.15) is 0 Å². The quantitative estimate of drug-likeness (QED) is 0.452. The number of rotatable bonds is 0. The number of halogens is 5. The second-order valence-electron chi connectivity index (χ2n) is 2.49. The van der Waals surface area contributed by atoms with Crippen molar-refractivity contribution in [2.24, 2.45) is 0 Å². The van der Waals surface area contributed by atoms with Gasteiger partial charge in [0.25, 0.3) is 0 Å². The molecule has 0 radical (unpaired) electrons. The Kier molecular flexibility index (Phi) is 2.33. The van der Waals surface area contributed by atoms with Crippen molar-refractivity contribution in [3.05, 3.63) is 23.8 Å². The van der Waals surface area contributed by atoms with Gasteiger partial charge in [-0.3, -0.25) is 0 Å².